The van der Waals surface area contributed by atoms with Crippen LogP contribution in [0.25, 0.3) is 16.7 Å². The number of hydrogen-bond donors (Lipinski definition) is 0. The molecular weight excluding hydrogens is 270 g/mol. The van der Waals surface area contributed by atoms with Gasteiger partial charge in [-0.3, -0.25) is 14.0 Å². The van der Waals surface area contributed by atoms with E-state index < -0.39 is 0 Å². The fourth-order valence-electron chi connectivity index (χ4n) is 2.37. The molecule has 108 valence electrons. The van der Waals surface area contributed by atoms with Crippen LogP contribution in [0.3, 0.4) is 0 Å². The van der Waals surface area contributed by atoms with Gasteiger partial charge in [0.25, 0.3) is 5.56 Å². The summed E-state index contributed by atoms with van der Waals surface area (Å²) in [4.78, 5) is 27.8. The van der Waals surface area contributed by atoms with E-state index in [4.69, 9.17) is 4.74 Å². The number of aromatic nitrogens is 3. The van der Waals surface area contributed by atoms with Crippen molar-refractivity contribution in [3.8, 4) is 5.88 Å². The number of aryl methyl sites for hydroxylation is 1. The third-order valence-corrected chi connectivity index (χ3v) is 3.30. The largest absolute Gasteiger partial charge is 0.470 e. The van der Waals surface area contributed by atoms with Crippen molar-refractivity contribution in [2.75, 3.05) is 6.61 Å². The van der Waals surface area contributed by atoms with Gasteiger partial charge in [0.1, 0.15) is 12.1 Å². The lowest BCUT2D eigenvalue weighted by Crippen LogP contribution is -2.22. The molecule has 0 amide bonds. The van der Waals surface area contributed by atoms with Gasteiger partial charge in [-0.2, -0.15) is 4.98 Å². The van der Waals surface area contributed by atoms with E-state index in [0.29, 0.717) is 23.6 Å². The van der Waals surface area contributed by atoms with Crippen LogP contribution in [0.1, 0.15) is 13.8 Å². The first-order valence-corrected chi connectivity index (χ1v) is 6.74. The summed E-state index contributed by atoms with van der Waals surface area (Å²) in [5.74, 6) is 0.301. The van der Waals surface area contributed by atoms with Crippen molar-refractivity contribution in [3.05, 3.63) is 40.8 Å². The summed E-state index contributed by atoms with van der Waals surface area (Å²) in [5, 5.41) is 0. The Hall–Kier alpha value is -2.63. The number of carbonyl (C=O) groups is 1. The Balaban J connectivity index is 2.26. The van der Waals surface area contributed by atoms with Crippen molar-refractivity contribution in [1.82, 2.24) is 14.0 Å². The second-order valence-electron chi connectivity index (χ2n) is 4.80. The van der Waals surface area contributed by atoms with Crippen LogP contribution in [0.5, 0.6) is 5.88 Å². The highest BCUT2D eigenvalue weighted by Gasteiger charge is 2.11. The molecule has 21 heavy (non-hydrogen) atoms. The average Bonchev–Trinajstić information content (AvgIpc) is 2.96. The Kier molecular flexibility index (Phi) is 3.21. The van der Waals surface area contributed by atoms with E-state index in [9.17, 15) is 9.59 Å². The van der Waals surface area contributed by atoms with Crippen LogP contribution in [0.15, 0.2) is 35.3 Å². The molecule has 3 rings (SSSR count). The van der Waals surface area contributed by atoms with E-state index in [1.165, 1.54) is 6.92 Å². The average molecular weight is 285 g/mol. The number of fused-ring (bicyclic) bond motifs is 3. The zero-order chi connectivity index (χ0) is 15.0. The normalized spacial score (nSPS) is 11.1. The third-order valence-electron chi connectivity index (χ3n) is 3.30. The monoisotopic (exact) mass is 285 g/mol. The Morgan fingerprint density at radius 3 is 2.81 bits per heavy atom. The molecule has 0 bridgehead atoms. The number of ether oxygens (including phenoxy) is 1. The fourth-order valence-corrected chi connectivity index (χ4v) is 2.37. The van der Waals surface area contributed by atoms with Crippen LogP contribution >= 0.6 is 0 Å². The molecule has 0 fully saturated rings. The van der Waals surface area contributed by atoms with E-state index in [0.717, 1.165) is 5.52 Å². The number of pyridine rings is 1. The molecule has 0 atom stereocenters. The van der Waals surface area contributed by atoms with Gasteiger partial charge in [0.05, 0.1) is 5.52 Å². The van der Waals surface area contributed by atoms with Gasteiger partial charge >= 0.3 is 0 Å². The minimum Gasteiger partial charge on any atom is -0.470 e. The first kappa shape index (κ1) is 13.4. The summed E-state index contributed by atoms with van der Waals surface area (Å²) in [7, 11) is 0. The maximum Gasteiger partial charge on any atom is 0.275 e. The molecule has 3 aromatic rings. The lowest BCUT2D eigenvalue weighted by molar-refractivity contribution is -0.119. The fraction of sp³-hybridized carbons (Fsp3) is 0.267. The number of rotatable bonds is 4. The molecule has 0 aliphatic heterocycles. The minimum atomic E-state index is -0.0680. The minimum absolute atomic E-state index is 0.0131. The summed E-state index contributed by atoms with van der Waals surface area (Å²) in [6.45, 7) is 3.92. The van der Waals surface area contributed by atoms with Crippen LogP contribution < -0.4 is 10.3 Å². The van der Waals surface area contributed by atoms with Gasteiger partial charge in [0.15, 0.2) is 11.4 Å². The SMILES string of the molecule is CCn1c(=O)c2cccn2c2nc(OCC(C)=O)ccc21. The Bertz CT molecular complexity index is 892. The Morgan fingerprint density at radius 2 is 2.10 bits per heavy atom. The van der Waals surface area contributed by atoms with Crippen molar-refractivity contribution in [2.24, 2.45) is 0 Å². The molecule has 0 aliphatic carbocycles. The van der Waals surface area contributed by atoms with Crippen molar-refractivity contribution in [3.63, 3.8) is 0 Å². The molecule has 3 heterocycles. The van der Waals surface area contributed by atoms with Gasteiger partial charge in [-0.25, -0.2) is 0 Å². The lowest BCUT2D eigenvalue weighted by atomic mass is 10.3. The molecule has 0 spiro atoms. The smallest absolute Gasteiger partial charge is 0.275 e. The third kappa shape index (κ3) is 2.18. The zero-order valence-corrected chi connectivity index (χ0v) is 11.9. The van der Waals surface area contributed by atoms with Crippen LogP contribution in [-0.4, -0.2) is 26.3 Å². The van der Waals surface area contributed by atoms with Gasteiger partial charge in [-0.15, -0.1) is 0 Å². The Morgan fingerprint density at radius 1 is 1.29 bits per heavy atom. The van der Waals surface area contributed by atoms with Crippen LogP contribution in [-0.2, 0) is 11.3 Å². The molecule has 6 heteroatoms. The van der Waals surface area contributed by atoms with E-state index in [2.05, 4.69) is 4.98 Å². The highest BCUT2D eigenvalue weighted by molar-refractivity contribution is 5.78. The molecule has 6 nitrogen and oxygen atoms in total. The second-order valence-corrected chi connectivity index (χ2v) is 4.80. The first-order valence-electron chi connectivity index (χ1n) is 6.74. The number of carbonyl (C=O) groups excluding carboxylic acids is 1. The predicted molar refractivity (Wildman–Crippen MR) is 78.8 cm³/mol. The van der Waals surface area contributed by atoms with Crippen molar-refractivity contribution < 1.29 is 9.53 Å². The van der Waals surface area contributed by atoms with E-state index >= 15 is 0 Å². The second kappa shape index (κ2) is 5.05. The van der Waals surface area contributed by atoms with E-state index in [-0.39, 0.29) is 17.9 Å². The summed E-state index contributed by atoms with van der Waals surface area (Å²) >= 11 is 0. The highest BCUT2D eigenvalue weighted by atomic mass is 16.5. The van der Waals surface area contributed by atoms with Gasteiger partial charge in [-0.1, -0.05) is 0 Å². The predicted octanol–water partition coefficient (Wildman–Crippen LogP) is 1.64. The van der Waals surface area contributed by atoms with E-state index in [1.807, 2.05) is 6.92 Å². The summed E-state index contributed by atoms with van der Waals surface area (Å²) in [6.07, 6.45) is 1.79. The molecule has 0 N–H and O–H groups in total. The van der Waals surface area contributed by atoms with Crippen molar-refractivity contribution in [1.29, 1.82) is 0 Å². The molecule has 0 aliphatic rings. The lowest BCUT2D eigenvalue weighted by Gasteiger charge is -2.11. The molecule has 0 aromatic carbocycles. The van der Waals surface area contributed by atoms with Crippen molar-refractivity contribution >= 4 is 22.5 Å². The molecule has 0 radical (unpaired) electrons. The molecule has 3 aromatic heterocycles. The van der Waals surface area contributed by atoms with Gasteiger partial charge in [0, 0.05) is 18.8 Å². The van der Waals surface area contributed by atoms with Gasteiger partial charge < -0.3 is 9.30 Å². The van der Waals surface area contributed by atoms with Gasteiger partial charge in [0.2, 0.25) is 5.88 Å². The van der Waals surface area contributed by atoms with Crippen LogP contribution in [0.4, 0.5) is 0 Å². The summed E-state index contributed by atoms with van der Waals surface area (Å²) < 4.78 is 8.76. The Labute approximate surface area is 120 Å². The maximum atomic E-state index is 12.4. The molecule has 0 unspecified atom stereocenters. The van der Waals surface area contributed by atoms with Crippen molar-refractivity contribution in [2.45, 2.75) is 20.4 Å². The van der Waals surface area contributed by atoms with Crippen LogP contribution in [0.2, 0.25) is 0 Å². The number of ketones is 1. The highest BCUT2D eigenvalue weighted by Crippen LogP contribution is 2.17. The van der Waals surface area contributed by atoms with Gasteiger partial charge in [-0.05, 0) is 32.0 Å². The van der Waals surface area contributed by atoms with Crippen LogP contribution in [0, 0.1) is 0 Å². The number of nitrogens with zero attached hydrogens (tertiary/aromatic N) is 3. The quantitative estimate of drug-likeness (QED) is 0.731. The van der Waals surface area contributed by atoms with E-state index in [1.54, 1.807) is 39.4 Å². The number of Topliss-reactive ketones (excluding diaryl/α,β-unsaturated/α-hetero) is 1. The first-order chi connectivity index (χ1) is 10.1. The number of hydrogen-bond acceptors (Lipinski definition) is 4. The summed E-state index contributed by atoms with van der Waals surface area (Å²) in [5.41, 5.74) is 1.90. The standard InChI is InChI=1S/C15H15N3O3/c1-3-17-11-6-7-13(21-9-10(2)19)16-14(11)18-8-4-5-12(18)15(17)20/h4-8H,3,9H2,1-2H3. The summed E-state index contributed by atoms with van der Waals surface area (Å²) in [6, 6.07) is 7.04. The topological polar surface area (TPSA) is 65.6 Å². The zero-order valence-electron chi connectivity index (χ0n) is 11.9. The molecular formula is C15H15N3O3. The maximum absolute atomic E-state index is 12.4. The molecule has 0 saturated carbocycles. The molecule has 0 saturated heterocycles.